The molecule has 1 N–H and O–H groups in total. The molecule has 0 aliphatic carbocycles. The highest BCUT2D eigenvalue weighted by Gasteiger charge is 2.10. The van der Waals surface area contributed by atoms with Gasteiger partial charge in [-0.05, 0) is 42.7 Å². The van der Waals surface area contributed by atoms with E-state index in [4.69, 9.17) is 0 Å². The molecule has 0 spiro atoms. The normalized spacial score (nSPS) is 11.2. The highest BCUT2D eigenvalue weighted by molar-refractivity contribution is 7.92. The van der Waals surface area contributed by atoms with Crippen molar-refractivity contribution in [1.82, 2.24) is 0 Å². The molecule has 0 radical (unpaired) electrons. The minimum Gasteiger partial charge on any atom is -0.378 e. The van der Waals surface area contributed by atoms with Crippen molar-refractivity contribution in [2.75, 3.05) is 29.5 Å². The van der Waals surface area contributed by atoms with Gasteiger partial charge in [0.15, 0.2) is 0 Å². The summed E-state index contributed by atoms with van der Waals surface area (Å²) < 4.78 is 26.8. The molecule has 0 saturated carbocycles. The van der Waals surface area contributed by atoms with Crippen LogP contribution in [0.4, 0.5) is 11.4 Å². The highest BCUT2D eigenvalue weighted by Crippen LogP contribution is 2.17. The molecule has 0 saturated heterocycles. The van der Waals surface area contributed by atoms with Crippen LogP contribution < -0.4 is 9.62 Å². The number of hydrogen-bond donors (Lipinski definition) is 1. The van der Waals surface area contributed by atoms with E-state index in [1.165, 1.54) is 0 Å². The first-order valence-electron chi connectivity index (χ1n) is 7.28. The smallest absolute Gasteiger partial charge is 0.232 e. The molecule has 0 amide bonds. The molecular weight excluding hydrogens is 296 g/mol. The number of nitrogens with one attached hydrogen (secondary N) is 1. The summed E-state index contributed by atoms with van der Waals surface area (Å²) >= 11 is 0. The Morgan fingerprint density at radius 3 is 2.18 bits per heavy atom. The van der Waals surface area contributed by atoms with Crippen LogP contribution in [0, 0.1) is 0 Å². The number of hydrogen-bond acceptors (Lipinski definition) is 3. The van der Waals surface area contributed by atoms with Gasteiger partial charge < -0.3 is 4.90 Å². The minimum absolute atomic E-state index is 0.122. The summed E-state index contributed by atoms with van der Waals surface area (Å²) in [5.74, 6) is 0.122. The Hall–Kier alpha value is -2.01. The van der Waals surface area contributed by atoms with E-state index in [0.717, 1.165) is 17.7 Å². The van der Waals surface area contributed by atoms with Crippen molar-refractivity contribution in [3.05, 3.63) is 60.2 Å². The number of rotatable bonds is 7. The standard InChI is InChI=1S/C17H22N2O2S/c1-19(2)17-12-10-16(11-13-17)18-22(20,21)14-6-9-15-7-4-3-5-8-15/h3-5,7-8,10-13,18H,6,9,14H2,1-2H3. The van der Waals surface area contributed by atoms with Gasteiger partial charge in [-0.1, -0.05) is 30.3 Å². The Labute approximate surface area is 132 Å². The van der Waals surface area contributed by atoms with Gasteiger partial charge in [0.2, 0.25) is 10.0 Å². The number of anilines is 2. The van der Waals surface area contributed by atoms with Crippen LogP contribution >= 0.6 is 0 Å². The molecule has 118 valence electrons. The number of benzene rings is 2. The Morgan fingerprint density at radius 2 is 1.59 bits per heavy atom. The molecule has 0 bridgehead atoms. The maximum absolute atomic E-state index is 12.1. The van der Waals surface area contributed by atoms with E-state index in [-0.39, 0.29) is 5.75 Å². The van der Waals surface area contributed by atoms with Gasteiger partial charge in [0, 0.05) is 25.5 Å². The molecule has 4 nitrogen and oxygen atoms in total. The van der Waals surface area contributed by atoms with Gasteiger partial charge in [-0.15, -0.1) is 0 Å². The summed E-state index contributed by atoms with van der Waals surface area (Å²) in [6.07, 6.45) is 1.37. The van der Waals surface area contributed by atoms with Crippen LogP contribution in [0.15, 0.2) is 54.6 Å². The predicted molar refractivity (Wildman–Crippen MR) is 92.9 cm³/mol. The average Bonchev–Trinajstić information content (AvgIpc) is 2.48. The van der Waals surface area contributed by atoms with E-state index in [1.54, 1.807) is 12.1 Å². The van der Waals surface area contributed by atoms with E-state index in [1.807, 2.05) is 61.5 Å². The molecule has 5 heteroatoms. The van der Waals surface area contributed by atoms with Crippen molar-refractivity contribution in [2.45, 2.75) is 12.8 Å². The molecule has 0 aliphatic rings. The maximum Gasteiger partial charge on any atom is 0.232 e. The van der Waals surface area contributed by atoms with E-state index < -0.39 is 10.0 Å². The molecule has 0 unspecified atom stereocenters. The van der Waals surface area contributed by atoms with Gasteiger partial charge in [0.25, 0.3) is 0 Å². The van der Waals surface area contributed by atoms with E-state index >= 15 is 0 Å². The first kappa shape index (κ1) is 16.4. The van der Waals surface area contributed by atoms with Crippen LogP contribution in [0.2, 0.25) is 0 Å². The van der Waals surface area contributed by atoms with Crippen LogP contribution in [-0.4, -0.2) is 28.3 Å². The van der Waals surface area contributed by atoms with Crippen molar-refractivity contribution < 1.29 is 8.42 Å². The second kappa shape index (κ2) is 7.31. The lowest BCUT2D eigenvalue weighted by Crippen LogP contribution is -2.17. The van der Waals surface area contributed by atoms with E-state index in [0.29, 0.717) is 12.1 Å². The molecule has 2 aromatic carbocycles. The van der Waals surface area contributed by atoms with Crippen molar-refractivity contribution in [2.24, 2.45) is 0 Å². The zero-order chi connectivity index (χ0) is 16.0. The molecular formula is C17H22N2O2S. The lowest BCUT2D eigenvalue weighted by Gasteiger charge is -2.13. The fourth-order valence-corrected chi connectivity index (χ4v) is 3.29. The number of aryl methyl sites for hydroxylation is 1. The lowest BCUT2D eigenvalue weighted by atomic mass is 10.1. The molecule has 0 aliphatic heterocycles. The van der Waals surface area contributed by atoms with Crippen molar-refractivity contribution in [3.8, 4) is 0 Å². The molecule has 0 atom stereocenters. The summed E-state index contributed by atoms with van der Waals surface area (Å²) in [7, 11) is 0.593. The van der Waals surface area contributed by atoms with Gasteiger partial charge in [0.05, 0.1) is 5.75 Å². The third-order valence-corrected chi connectivity index (χ3v) is 4.75. The zero-order valence-electron chi connectivity index (χ0n) is 13.0. The van der Waals surface area contributed by atoms with Crippen molar-refractivity contribution >= 4 is 21.4 Å². The second-order valence-corrected chi connectivity index (χ2v) is 7.29. The zero-order valence-corrected chi connectivity index (χ0v) is 13.8. The average molecular weight is 318 g/mol. The molecule has 22 heavy (non-hydrogen) atoms. The van der Waals surface area contributed by atoms with Crippen LogP contribution in [0.3, 0.4) is 0 Å². The monoisotopic (exact) mass is 318 g/mol. The van der Waals surface area contributed by atoms with Gasteiger partial charge in [0.1, 0.15) is 0 Å². The van der Waals surface area contributed by atoms with Crippen LogP contribution in [0.1, 0.15) is 12.0 Å². The van der Waals surface area contributed by atoms with Crippen LogP contribution in [0.25, 0.3) is 0 Å². The predicted octanol–water partition coefficient (Wildman–Crippen LogP) is 3.13. The first-order valence-corrected chi connectivity index (χ1v) is 8.93. The van der Waals surface area contributed by atoms with Gasteiger partial charge in [-0.2, -0.15) is 0 Å². The third kappa shape index (κ3) is 5.07. The SMILES string of the molecule is CN(C)c1ccc(NS(=O)(=O)CCCc2ccccc2)cc1. The Kier molecular flexibility index (Phi) is 5.44. The summed E-state index contributed by atoms with van der Waals surface area (Å²) in [5.41, 5.74) is 2.80. The highest BCUT2D eigenvalue weighted by atomic mass is 32.2. The minimum atomic E-state index is -3.30. The molecule has 0 aromatic heterocycles. The fourth-order valence-electron chi connectivity index (χ4n) is 2.17. The number of sulfonamides is 1. The van der Waals surface area contributed by atoms with Crippen LogP contribution in [-0.2, 0) is 16.4 Å². The van der Waals surface area contributed by atoms with Crippen molar-refractivity contribution in [3.63, 3.8) is 0 Å². The summed E-state index contributed by atoms with van der Waals surface area (Å²) in [6.45, 7) is 0. The van der Waals surface area contributed by atoms with Gasteiger partial charge in [-0.25, -0.2) is 8.42 Å². The molecule has 0 heterocycles. The largest absolute Gasteiger partial charge is 0.378 e. The molecule has 0 fully saturated rings. The van der Waals surface area contributed by atoms with Crippen LogP contribution in [0.5, 0.6) is 0 Å². The summed E-state index contributed by atoms with van der Waals surface area (Å²) in [4.78, 5) is 1.97. The van der Waals surface area contributed by atoms with E-state index in [9.17, 15) is 8.42 Å². The molecule has 2 aromatic rings. The summed E-state index contributed by atoms with van der Waals surface area (Å²) in [6, 6.07) is 17.3. The first-order chi connectivity index (χ1) is 10.5. The quantitative estimate of drug-likeness (QED) is 0.853. The maximum atomic E-state index is 12.1. The van der Waals surface area contributed by atoms with Gasteiger partial charge in [-0.3, -0.25) is 4.72 Å². The Balaban J connectivity index is 1.88. The summed E-state index contributed by atoms with van der Waals surface area (Å²) in [5, 5.41) is 0. The second-order valence-electron chi connectivity index (χ2n) is 5.45. The molecule has 2 rings (SSSR count). The topological polar surface area (TPSA) is 49.4 Å². The number of nitrogens with zero attached hydrogens (tertiary/aromatic N) is 1. The van der Waals surface area contributed by atoms with Crippen molar-refractivity contribution in [1.29, 1.82) is 0 Å². The lowest BCUT2D eigenvalue weighted by molar-refractivity contribution is 0.598. The van der Waals surface area contributed by atoms with Gasteiger partial charge >= 0.3 is 0 Å². The third-order valence-electron chi connectivity index (χ3n) is 3.38. The Bertz CT molecular complexity index is 680. The van der Waals surface area contributed by atoms with E-state index in [2.05, 4.69) is 4.72 Å². The fraction of sp³-hybridized carbons (Fsp3) is 0.294. The Morgan fingerprint density at radius 1 is 0.955 bits per heavy atom.